The summed E-state index contributed by atoms with van der Waals surface area (Å²) in [6.45, 7) is 2.67. The lowest BCUT2D eigenvalue weighted by Gasteiger charge is -2.36. The average Bonchev–Trinajstić information content (AvgIpc) is 3.03. The number of ether oxygens (including phenoxy) is 1. The molecule has 0 aliphatic carbocycles. The van der Waals surface area contributed by atoms with Crippen LogP contribution in [0.25, 0.3) is 0 Å². The van der Waals surface area contributed by atoms with E-state index in [0.717, 1.165) is 22.7 Å². The van der Waals surface area contributed by atoms with E-state index in [2.05, 4.69) is 10.1 Å². The molecule has 0 aromatic heterocycles. The topological polar surface area (TPSA) is 82.2 Å². The molecule has 0 saturated carbocycles. The number of carbonyl (C=O) groups is 3. The quantitative estimate of drug-likeness (QED) is 0.511. The number of halogens is 4. The van der Waals surface area contributed by atoms with Crippen LogP contribution in [-0.2, 0) is 15.1 Å². The van der Waals surface area contributed by atoms with Gasteiger partial charge < -0.3 is 19.9 Å². The van der Waals surface area contributed by atoms with Crippen LogP contribution in [0.2, 0.25) is 0 Å². The molecule has 4 rings (SSSR count). The van der Waals surface area contributed by atoms with Crippen molar-refractivity contribution in [3.8, 4) is 5.75 Å². The lowest BCUT2D eigenvalue weighted by atomic mass is 9.92. The first-order valence-corrected chi connectivity index (χ1v) is 10.7. The molecule has 2 saturated heterocycles. The van der Waals surface area contributed by atoms with Crippen molar-refractivity contribution in [2.45, 2.75) is 18.8 Å². The Bertz CT molecular complexity index is 1120. The number of alkyl halides is 3. The Morgan fingerprint density at radius 3 is 2.17 bits per heavy atom. The van der Waals surface area contributed by atoms with Crippen LogP contribution in [0.1, 0.15) is 12.5 Å². The van der Waals surface area contributed by atoms with Crippen LogP contribution >= 0.6 is 0 Å². The Kier molecular flexibility index (Phi) is 6.30. The number of hydrogen-bond acceptors (Lipinski definition) is 5. The summed E-state index contributed by atoms with van der Waals surface area (Å²) in [7, 11) is 0. The van der Waals surface area contributed by atoms with Gasteiger partial charge in [0.2, 0.25) is 5.91 Å². The van der Waals surface area contributed by atoms with Gasteiger partial charge in [-0.2, -0.15) is 0 Å². The summed E-state index contributed by atoms with van der Waals surface area (Å²) in [4.78, 5) is 42.7. The number of anilines is 1. The zero-order valence-corrected chi connectivity index (χ0v) is 18.6. The Hall–Kier alpha value is -3.83. The summed E-state index contributed by atoms with van der Waals surface area (Å²) in [6, 6.07) is 9.84. The van der Waals surface area contributed by atoms with Crippen LogP contribution < -0.4 is 15.0 Å². The van der Waals surface area contributed by atoms with Crippen molar-refractivity contribution in [2.75, 3.05) is 37.6 Å². The van der Waals surface area contributed by atoms with Crippen molar-refractivity contribution < 1.29 is 36.7 Å². The van der Waals surface area contributed by atoms with E-state index in [1.54, 1.807) is 17.0 Å². The number of piperazine rings is 1. The predicted octanol–water partition coefficient (Wildman–Crippen LogP) is 2.84. The summed E-state index contributed by atoms with van der Waals surface area (Å²) in [6.07, 6.45) is -4.86. The number of nitrogens with one attached hydrogen (secondary N) is 1. The zero-order chi connectivity index (χ0) is 25.4. The minimum atomic E-state index is -4.86. The van der Waals surface area contributed by atoms with E-state index in [4.69, 9.17) is 0 Å². The fourth-order valence-corrected chi connectivity index (χ4v) is 4.13. The molecule has 1 unspecified atom stereocenters. The molecule has 2 aliphatic rings. The molecule has 2 aromatic rings. The number of carbonyl (C=O) groups excluding carboxylic acids is 3. The fraction of sp³-hybridized carbons (Fsp3) is 0.348. The highest BCUT2D eigenvalue weighted by atomic mass is 19.4. The van der Waals surface area contributed by atoms with E-state index >= 15 is 0 Å². The van der Waals surface area contributed by atoms with Gasteiger partial charge in [-0.05, 0) is 48.9 Å². The summed E-state index contributed by atoms with van der Waals surface area (Å²) in [5.41, 5.74) is -0.474. The van der Waals surface area contributed by atoms with E-state index < -0.39 is 42.0 Å². The van der Waals surface area contributed by atoms with Crippen molar-refractivity contribution in [1.29, 1.82) is 0 Å². The first-order chi connectivity index (χ1) is 16.5. The molecule has 1 atom stereocenters. The van der Waals surface area contributed by atoms with Gasteiger partial charge in [0.05, 0.1) is 0 Å². The summed E-state index contributed by atoms with van der Waals surface area (Å²) in [5.74, 6) is -1.90. The van der Waals surface area contributed by atoms with Gasteiger partial charge in [-0.3, -0.25) is 14.5 Å². The number of imide groups is 1. The molecule has 2 fully saturated rings. The Labute approximate surface area is 198 Å². The smallest absolute Gasteiger partial charge is 0.406 e. The Morgan fingerprint density at radius 2 is 1.60 bits per heavy atom. The van der Waals surface area contributed by atoms with Gasteiger partial charge in [0.25, 0.3) is 5.91 Å². The number of nitrogens with zero attached hydrogens (tertiary/aromatic N) is 3. The number of hydrogen-bond donors (Lipinski definition) is 1. The van der Waals surface area contributed by atoms with Gasteiger partial charge in [0.1, 0.15) is 23.7 Å². The number of rotatable bonds is 5. The van der Waals surface area contributed by atoms with E-state index in [9.17, 15) is 31.9 Å². The largest absolute Gasteiger partial charge is 0.573 e. The van der Waals surface area contributed by atoms with Crippen molar-refractivity contribution in [3.63, 3.8) is 0 Å². The molecule has 2 aromatic carbocycles. The highest BCUT2D eigenvalue weighted by Gasteiger charge is 2.50. The SMILES string of the molecule is CC1(c2ccc(OC(F)(F)F)cc2)NC(=O)N(CC(=O)N2CCN(c3ccc(F)cc3)CC2)C1=O. The van der Waals surface area contributed by atoms with Crippen LogP contribution in [0.3, 0.4) is 0 Å². The minimum Gasteiger partial charge on any atom is -0.406 e. The summed E-state index contributed by atoms with van der Waals surface area (Å²) < 4.78 is 54.1. The van der Waals surface area contributed by atoms with Crippen LogP contribution in [0.5, 0.6) is 5.75 Å². The maximum atomic E-state index is 13.1. The second-order valence-corrected chi connectivity index (χ2v) is 8.36. The second kappa shape index (κ2) is 9.08. The molecule has 186 valence electrons. The van der Waals surface area contributed by atoms with Gasteiger partial charge in [0, 0.05) is 31.9 Å². The minimum absolute atomic E-state index is 0.244. The third-order valence-corrected chi connectivity index (χ3v) is 6.06. The average molecular weight is 494 g/mol. The van der Waals surface area contributed by atoms with E-state index in [1.165, 1.54) is 31.2 Å². The fourth-order valence-electron chi connectivity index (χ4n) is 4.13. The van der Waals surface area contributed by atoms with Gasteiger partial charge in [-0.1, -0.05) is 12.1 Å². The van der Waals surface area contributed by atoms with Crippen LogP contribution in [0.15, 0.2) is 48.5 Å². The third-order valence-electron chi connectivity index (χ3n) is 6.06. The zero-order valence-electron chi connectivity index (χ0n) is 18.6. The highest BCUT2D eigenvalue weighted by Crippen LogP contribution is 2.31. The number of urea groups is 1. The van der Waals surface area contributed by atoms with Gasteiger partial charge in [0.15, 0.2) is 0 Å². The van der Waals surface area contributed by atoms with Crippen molar-refractivity contribution in [1.82, 2.24) is 15.1 Å². The lowest BCUT2D eigenvalue weighted by Crippen LogP contribution is -2.52. The van der Waals surface area contributed by atoms with E-state index in [1.807, 2.05) is 4.90 Å². The molecule has 0 radical (unpaired) electrons. The Balaban J connectivity index is 1.37. The normalized spacial score (nSPS) is 20.8. The second-order valence-electron chi connectivity index (χ2n) is 8.36. The van der Waals surface area contributed by atoms with Gasteiger partial charge >= 0.3 is 12.4 Å². The molecular formula is C23H22F4N4O4. The first kappa shape index (κ1) is 24.3. The number of amides is 4. The lowest BCUT2D eigenvalue weighted by molar-refractivity contribution is -0.274. The van der Waals surface area contributed by atoms with Crippen molar-refractivity contribution in [3.05, 3.63) is 59.9 Å². The molecule has 0 spiro atoms. The molecular weight excluding hydrogens is 472 g/mol. The van der Waals surface area contributed by atoms with E-state index in [-0.39, 0.29) is 11.4 Å². The monoisotopic (exact) mass is 494 g/mol. The summed E-state index contributed by atoms with van der Waals surface area (Å²) >= 11 is 0. The van der Waals surface area contributed by atoms with Crippen LogP contribution in [0.4, 0.5) is 28.0 Å². The van der Waals surface area contributed by atoms with Crippen molar-refractivity contribution >= 4 is 23.5 Å². The maximum Gasteiger partial charge on any atom is 0.573 e. The van der Waals surface area contributed by atoms with Gasteiger partial charge in [-0.15, -0.1) is 13.2 Å². The molecule has 12 heteroatoms. The maximum absolute atomic E-state index is 13.1. The molecule has 2 aliphatic heterocycles. The van der Waals surface area contributed by atoms with Gasteiger partial charge in [-0.25, -0.2) is 9.18 Å². The molecule has 35 heavy (non-hydrogen) atoms. The summed E-state index contributed by atoms with van der Waals surface area (Å²) in [5, 5.41) is 2.52. The predicted molar refractivity (Wildman–Crippen MR) is 116 cm³/mol. The highest BCUT2D eigenvalue weighted by molar-refractivity contribution is 6.09. The Morgan fingerprint density at radius 1 is 1.00 bits per heavy atom. The van der Waals surface area contributed by atoms with Crippen molar-refractivity contribution in [2.24, 2.45) is 0 Å². The van der Waals surface area contributed by atoms with E-state index in [0.29, 0.717) is 26.2 Å². The molecule has 0 bridgehead atoms. The van der Waals surface area contributed by atoms with Crippen LogP contribution in [0, 0.1) is 5.82 Å². The first-order valence-electron chi connectivity index (χ1n) is 10.7. The standard InChI is InChI=1S/C23H22F4N4O4/c1-22(15-2-8-18(9-3-15)35-23(25,26)27)20(33)31(21(34)28-22)14-19(32)30-12-10-29(11-13-30)17-6-4-16(24)5-7-17/h2-9H,10-14H2,1H3,(H,28,34). The molecule has 2 heterocycles. The molecule has 4 amide bonds. The molecule has 8 nitrogen and oxygen atoms in total. The third kappa shape index (κ3) is 5.15. The molecule has 1 N–H and O–H groups in total. The van der Waals surface area contributed by atoms with Crippen LogP contribution in [-0.4, -0.2) is 66.7 Å². The number of benzene rings is 2.